The van der Waals surface area contributed by atoms with Gasteiger partial charge in [0, 0.05) is 9.99 Å². The van der Waals surface area contributed by atoms with Crippen molar-refractivity contribution in [2.24, 2.45) is 5.92 Å². The van der Waals surface area contributed by atoms with Crippen LogP contribution in [-0.2, 0) is 4.79 Å². The van der Waals surface area contributed by atoms with Gasteiger partial charge < -0.3 is 0 Å². The lowest BCUT2D eigenvalue weighted by Crippen LogP contribution is -2.16. The molecule has 0 aliphatic carbocycles. The predicted molar refractivity (Wildman–Crippen MR) is 128 cm³/mol. The number of hydrogen-bond donors (Lipinski definition) is 0. The Labute approximate surface area is 178 Å². The molecule has 0 saturated carbocycles. The molecule has 4 heteroatoms. The van der Waals surface area contributed by atoms with Crippen molar-refractivity contribution in [3.8, 4) is 0 Å². The fourth-order valence-corrected chi connectivity index (χ4v) is 7.10. The molecule has 1 nitrogen and oxygen atoms in total. The minimum absolute atomic E-state index is 0.0409. The third-order valence-electron chi connectivity index (χ3n) is 4.78. The molecule has 1 atom stereocenters. The van der Waals surface area contributed by atoms with Crippen molar-refractivity contribution in [2.45, 2.75) is 65.2 Å². The molecule has 1 aliphatic heterocycles. The standard InChI is InChI=1S/C23H34OS3/c1-3-5-7-11-15-20(22(24)25-16-6-4-2)21(19-13-9-8-10-14-19)23-26-17-12-18-27-23/h8-10,13-14,20H,3-7,11-12,15-18H2,1-2H3. The van der Waals surface area contributed by atoms with Gasteiger partial charge in [-0.15, -0.1) is 23.5 Å². The molecular weight excluding hydrogens is 388 g/mol. The number of unbranched alkanes of at least 4 members (excludes halogenated alkanes) is 4. The van der Waals surface area contributed by atoms with E-state index < -0.39 is 0 Å². The molecule has 150 valence electrons. The van der Waals surface area contributed by atoms with Gasteiger partial charge in [0.2, 0.25) is 0 Å². The number of carbonyl (C=O) groups is 1. The first kappa shape index (κ1) is 23.0. The molecular formula is C23H34OS3. The summed E-state index contributed by atoms with van der Waals surface area (Å²) in [7, 11) is 0. The molecule has 1 saturated heterocycles. The van der Waals surface area contributed by atoms with Crippen molar-refractivity contribution in [2.75, 3.05) is 17.3 Å². The van der Waals surface area contributed by atoms with E-state index in [1.54, 1.807) is 11.8 Å². The fourth-order valence-electron chi connectivity index (χ4n) is 3.24. The quantitative estimate of drug-likeness (QED) is 0.337. The van der Waals surface area contributed by atoms with Crippen molar-refractivity contribution in [3.63, 3.8) is 0 Å². The van der Waals surface area contributed by atoms with Crippen molar-refractivity contribution in [3.05, 3.63) is 40.1 Å². The van der Waals surface area contributed by atoms with Crippen LogP contribution in [0.25, 0.3) is 5.57 Å². The SMILES string of the molecule is CCCCCCC(C(=O)SCCCC)C(=C1SCCCS1)c1ccccc1. The first-order chi connectivity index (χ1) is 13.3. The Kier molecular flexibility index (Phi) is 11.7. The summed E-state index contributed by atoms with van der Waals surface area (Å²) in [6, 6.07) is 10.7. The van der Waals surface area contributed by atoms with Crippen molar-refractivity contribution in [1.29, 1.82) is 0 Å². The topological polar surface area (TPSA) is 17.1 Å². The van der Waals surface area contributed by atoms with Gasteiger partial charge in [-0.2, -0.15) is 0 Å². The lowest BCUT2D eigenvalue weighted by atomic mass is 9.90. The molecule has 1 fully saturated rings. The molecule has 1 aromatic rings. The van der Waals surface area contributed by atoms with Gasteiger partial charge in [-0.1, -0.05) is 88.0 Å². The van der Waals surface area contributed by atoms with Crippen LogP contribution in [0.1, 0.15) is 70.8 Å². The van der Waals surface area contributed by atoms with Gasteiger partial charge in [0.1, 0.15) is 0 Å². The van der Waals surface area contributed by atoms with Crippen LogP contribution < -0.4 is 0 Å². The van der Waals surface area contributed by atoms with Gasteiger partial charge in [0.25, 0.3) is 0 Å². The summed E-state index contributed by atoms with van der Waals surface area (Å²) in [6.07, 6.45) is 9.43. The molecule has 0 bridgehead atoms. The fraction of sp³-hybridized carbons (Fsp3) is 0.609. The highest BCUT2D eigenvalue weighted by molar-refractivity contribution is 8.23. The van der Waals surface area contributed by atoms with Crippen LogP contribution in [0.15, 0.2) is 34.6 Å². The molecule has 0 spiro atoms. The Morgan fingerprint density at radius 1 is 1.00 bits per heavy atom. The van der Waals surface area contributed by atoms with E-state index in [2.05, 4.69) is 44.2 Å². The molecule has 0 radical (unpaired) electrons. The van der Waals surface area contributed by atoms with Gasteiger partial charge in [0.05, 0.1) is 5.92 Å². The summed E-state index contributed by atoms with van der Waals surface area (Å²) < 4.78 is 1.40. The van der Waals surface area contributed by atoms with Crippen LogP contribution in [-0.4, -0.2) is 22.4 Å². The maximum Gasteiger partial charge on any atom is 0.196 e. The number of rotatable bonds is 11. The van der Waals surface area contributed by atoms with Crippen LogP contribution in [0.3, 0.4) is 0 Å². The highest BCUT2D eigenvalue weighted by Gasteiger charge is 2.28. The Morgan fingerprint density at radius 2 is 1.70 bits per heavy atom. The smallest absolute Gasteiger partial charge is 0.196 e. The summed E-state index contributed by atoms with van der Waals surface area (Å²) in [6.45, 7) is 4.44. The van der Waals surface area contributed by atoms with Gasteiger partial charge in [-0.05, 0) is 41.9 Å². The monoisotopic (exact) mass is 422 g/mol. The number of thioether (sulfide) groups is 3. The maximum absolute atomic E-state index is 13.2. The van der Waals surface area contributed by atoms with E-state index >= 15 is 0 Å². The van der Waals surface area contributed by atoms with E-state index in [1.165, 1.54) is 52.6 Å². The van der Waals surface area contributed by atoms with E-state index in [0.717, 1.165) is 31.4 Å². The number of hydrogen-bond acceptors (Lipinski definition) is 4. The largest absolute Gasteiger partial charge is 0.287 e. The second kappa shape index (κ2) is 13.8. The van der Waals surface area contributed by atoms with E-state index in [0.29, 0.717) is 5.12 Å². The van der Waals surface area contributed by atoms with Crippen molar-refractivity contribution in [1.82, 2.24) is 0 Å². The van der Waals surface area contributed by atoms with Gasteiger partial charge >= 0.3 is 0 Å². The number of carbonyl (C=O) groups excluding carboxylic acids is 1. The zero-order valence-corrected chi connectivity index (χ0v) is 19.3. The molecule has 1 unspecified atom stereocenters. The lowest BCUT2D eigenvalue weighted by Gasteiger charge is -2.25. The summed E-state index contributed by atoms with van der Waals surface area (Å²) in [5.74, 6) is 3.36. The molecule has 27 heavy (non-hydrogen) atoms. The van der Waals surface area contributed by atoms with Crippen LogP contribution in [0.2, 0.25) is 0 Å². The zero-order chi connectivity index (χ0) is 19.3. The molecule has 1 aromatic carbocycles. The predicted octanol–water partition coefficient (Wildman–Crippen LogP) is 7.87. The summed E-state index contributed by atoms with van der Waals surface area (Å²) in [5.41, 5.74) is 2.56. The summed E-state index contributed by atoms with van der Waals surface area (Å²) in [4.78, 5) is 13.2. The van der Waals surface area contributed by atoms with E-state index in [1.807, 2.05) is 23.5 Å². The Bertz CT molecular complexity index is 575. The van der Waals surface area contributed by atoms with E-state index in [9.17, 15) is 4.79 Å². The average molecular weight is 423 g/mol. The Morgan fingerprint density at radius 3 is 2.37 bits per heavy atom. The average Bonchev–Trinajstić information content (AvgIpc) is 2.72. The third kappa shape index (κ3) is 7.91. The maximum atomic E-state index is 13.2. The molecule has 0 amide bonds. The highest BCUT2D eigenvalue weighted by atomic mass is 32.2. The Balaban J connectivity index is 2.28. The molecule has 0 aromatic heterocycles. The minimum Gasteiger partial charge on any atom is -0.287 e. The molecule has 1 heterocycles. The van der Waals surface area contributed by atoms with Crippen LogP contribution in [0, 0.1) is 5.92 Å². The van der Waals surface area contributed by atoms with E-state index in [4.69, 9.17) is 0 Å². The summed E-state index contributed by atoms with van der Waals surface area (Å²) >= 11 is 5.50. The van der Waals surface area contributed by atoms with Gasteiger partial charge in [-0.3, -0.25) is 4.79 Å². The minimum atomic E-state index is 0.0409. The van der Waals surface area contributed by atoms with Gasteiger partial charge in [-0.25, -0.2) is 0 Å². The van der Waals surface area contributed by atoms with Crippen LogP contribution in [0.5, 0.6) is 0 Å². The second-order valence-electron chi connectivity index (χ2n) is 7.04. The number of benzene rings is 1. The number of allylic oxidation sites excluding steroid dienone is 1. The highest BCUT2D eigenvalue weighted by Crippen LogP contribution is 2.45. The Hall–Kier alpha value is -0.320. The lowest BCUT2D eigenvalue weighted by molar-refractivity contribution is -0.113. The van der Waals surface area contributed by atoms with Crippen molar-refractivity contribution < 1.29 is 4.79 Å². The van der Waals surface area contributed by atoms with Crippen LogP contribution >= 0.6 is 35.3 Å². The third-order valence-corrected chi connectivity index (χ3v) is 8.50. The first-order valence-electron chi connectivity index (χ1n) is 10.5. The molecule has 1 aliphatic rings. The van der Waals surface area contributed by atoms with Crippen molar-refractivity contribution >= 4 is 46.0 Å². The molecule has 2 rings (SSSR count). The zero-order valence-electron chi connectivity index (χ0n) is 16.9. The second-order valence-corrected chi connectivity index (χ2v) is 10.6. The van der Waals surface area contributed by atoms with Crippen LogP contribution in [0.4, 0.5) is 0 Å². The van der Waals surface area contributed by atoms with E-state index in [-0.39, 0.29) is 5.92 Å². The summed E-state index contributed by atoms with van der Waals surface area (Å²) in [5, 5.41) is 0.387. The molecule has 0 N–H and O–H groups in total. The first-order valence-corrected chi connectivity index (χ1v) is 13.4. The van der Waals surface area contributed by atoms with Gasteiger partial charge in [0.15, 0.2) is 5.12 Å². The normalized spacial score (nSPS) is 15.6.